The van der Waals surface area contributed by atoms with E-state index in [9.17, 15) is 14.0 Å². The number of halogens is 1. The molecular weight excluding hydrogens is 323 g/mol. The van der Waals surface area contributed by atoms with Crippen molar-refractivity contribution in [2.45, 2.75) is 13.0 Å². The lowest BCUT2D eigenvalue weighted by molar-refractivity contribution is -0.118. The Labute approximate surface area is 144 Å². The lowest BCUT2D eigenvalue weighted by Gasteiger charge is -2.15. The average molecular weight is 340 g/mol. The van der Waals surface area contributed by atoms with Crippen LogP contribution < -0.4 is 5.32 Å². The van der Waals surface area contributed by atoms with E-state index in [1.165, 1.54) is 31.4 Å². The van der Waals surface area contributed by atoms with Crippen LogP contribution in [0.3, 0.4) is 0 Å². The fourth-order valence-corrected chi connectivity index (χ4v) is 2.70. The molecule has 0 fully saturated rings. The van der Waals surface area contributed by atoms with Crippen LogP contribution in [0.25, 0.3) is 10.9 Å². The number of anilines is 1. The molecule has 3 aromatic rings. The van der Waals surface area contributed by atoms with Gasteiger partial charge in [-0.15, -0.1) is 0 Å². The van der Waals surface area contributed by atoms with Gasteiger partial charge in [-0.1, -0.05) is 18.2 Å². The first-order valence-corrected chi connectivity index (χ1v) is 7.75. The van der Waals surface area contributed by atoms with Crippen molar-refractivity contribution in [3.05, 3.63) is 66.1 Å². The largest absolute Gasteiger partial charge is 0.465 e. The Balaban J connectivity index is 1.93. The van der Waals surface area contributed by atoms with Crippen molar-refractivity contribution in [3.63, 3.8) is 0 Å². The highest BCUT2D eigenvalue weighted by Crippen LogP contribution is 2.26. The first-order valence-electron chi connectivity index (χ1n) is 7.75. The summed E-state index contributed by atoms with van der Waals surface area (Å²) in [5, 5.41) is 3.46. The number of nitrogens with one attached hydrogen (secondary N) is 1. The van der Waals surface area contributed by atoms with Gasteiger partial charge < -0.3 is 14.6 Å². The Bertz CT molecular complexity index is 931. The molecule has 2 aromatic carbocycles. The molecule has 0 bridgehead atoms. The topological polar surface area (TPSA) is 60.3 Å². The number of amides is 1. The molecule has 0 aliphatic heterocycles. The molecule has 0 aliphatic carbocycles. The Morgan fingerprint density at radius 1 is 1.12 bits per heavy atom. The summed E-state index contributed by atoms with van der Waals surface area (Å²) in [6.45, 7) is 1.73. The number of aromatic nitrogens is 1. The Kier molecular flexibility index (Phi) is 4.52. The minimum Gasteiger partial charge on any atom is -0.465 e. The smallest absolute Gasteiger partial charge is 0.340 e. The second-order valence-corrected chi connectivity index (χ2v) is 5.63. The molecule has 0 aliphatic rings. The van der Waals surface area contributed by atoms with Crippen LogP contribution in [0.2, 0.25) is 0 Å². The summed E-state index contributed by atoms with van der Waals surface area (Å²) >= 11 is 0. The van der Waals surface area contributed by atoms with Crippen LogP contribution in [0.1, 0.15) is 23.3 Å². The van der Waals surface area contributed by atoms with Gasteiger partial charge in [0.15, 0.2) is 0 Å². The molecule has 5 nitrogen and oxygen atoms in total. The van der Waals surface area contributed by atoms with Gasteiger partial charge in [0.2, 0.25) is 5.91 Å². The number of nitrogens with zero attached hydrogens (tertiary/aromatic N) is 1. The number of hydrogen-bond donors (Lipinski definition) is 1. The zero-order chi connectivity index (χ0) is 18.0. The van der Waals surface area contributed by atoms with Gasteiger partial charge in [0.25, 0.3) is 0 Å². The zero-order valence-electron chi connectivity index (χ0n) is 13.8. The molecule has 1 atom stereocenters. The van der Waals surface area contributed by atoms with Crippen LogP contribution in [-0.2, 0) is 9.53 Å². The summed E-state index contributed by atoms with van der Waals surface area (Å²) in [6, 6.07) is 12.3. The van der Waals surface area contributed by atoms with E-state index < -0.39 is 12.0 Å². The van der Waals surface area contributed by atoms with E-state index in [2.05, 4.69) is 5.32 Å². The van der Waals surface area contributed by atoms with Crippen LogP contribution in [-0.4, -0.2) is 23.6 Å². The Hall–Kier alpha value is -3.15. The lowest BCUT2D eigenvalue weighted by atomic mass is 10.2. The van der Waals surface area contributed by atoms with Crippen LogP contribution in [0, 0.1) is 5.82 Å². The highest BCUT2D eigenvalue weighted by atomic mass is 19.1. The second kappa shape index (κ2) is 6.76. The molecule has 0 saturated heterocycles. The molecule has 3 rings (SSSR count). The predicted octanol–water partition coefficient (Wildman–Crippen LogP) is 3.77. The molecule has 128 valence electrons. The molecule has 25 heavy (non-hydrogen) atoms. The number of ether oxygens (including phenoxy) is 1. The average Bonchev–Trinajstić information content (AvgIpc) is 3.02. The number of methoxy groups -OCH3 is 1. The maximum atomic E-state index is 13.0. The van der Waals surface area contributed by atoms with Gasteiger partial charge in [-0.3, -0.25) is 4.79 Å². The van der Waals surface area contributed by atoms with E-state index >= 15 is 0 Å². The monoisotopic (exact) mass is 340 g/mol. The number of esters is 1. The van der Waals surface area contributed by atoms with Gasteiger partial charge in [0, 0.05) is 22.8 Å². The third-order valence-electron chi connectivity index (χ3n) is 4.05. The molecule has 1 aromatic heterocycles. The summed E-state index contributed by atoms with van der Waals surface area (Å²) in [7, 11) is 1.32. The minimum atomic E-state index is -0.576. The van der Waals surface area contributed by atoms with E-state index in [1.54, 1.807) is 17.7 Å². The van der Waals surface area contributed by atoms with Gasteiger partial charge in [0.05, 0.1) is 12.7 Å². The fourth-order valence-electron chi connectivity index (χ4n) is 2.70. The molecule has 0 radical (unpaired) electrons. The van der Waals surface area contributed by atoms with E-state index in [4.69, 9.17) is 4.74 Å². The zero-order valence-corrected chi connectivity index (χ0v) is 13.8. The number of para-hydroxylation sites is 1. The van der Waals surface area contributed by atoms with Crippen molar-refractivity contribution in [1.82, 2.24) is 4.57 Å². The molecule has 0 unspecified atom stereocenters. The second-order valence-electron chi connectivity index (χ2n) is 5.63. The van der Waals surface area contributed by atoms with Crippen LogP contribution in [0.5, 0.6) is 0 Å². The highest BCUT2D eigenvalue weighted by Gasteiger charge is 2.21. The van der Waals surface area contributed by atoms with E-state index in [-0.39, 0.29) is 11.7 Å². The highest BCUT2D eigenvalue weighted by molar-refractivity contribution is 6.05. The molecule has 6 heteroatoms. The van der Waals surface area contributed by atoms with E-state index in [0.29, 0.717) is 11.3 Å². The summed E-state index contributed by atoms with van der Waals surface area (Å²) in [5.74, 6) is -1.10. The molecule has 1 amide bonds. The van der Waals surface area contributed by atoms with Gasteiger partial charge in [0.1, 0.15) is 11.9 Å². The maximum absolute atomic E-state index is 13.0. The minimum absolute atomic E-state index is 0.274. The number of fused-ring (bicyclic) bond motifs is 1. The first-order chi connectivity index (χ1) is 12.0. The van der Waals surface area contributed by atoms with Crippen molar-refractivity contribution in [2.75, 3.05) is 12.4 Å². The van der Waals surface area contributed by atoms with E-state index in [1.807, 2.05) is 24.3 Å². The van der Waals surface area contributed by atoms with Gasteiger partial charge in [-0.2, -0.15) is 0 Å². The summed E-state index contributed by atoms with van der Waals surface area (Å²) in [5.41, 5.74) is 1.66. The third kappa shape index (κ3) is 3.24. The predicted molar refractivity (Wildman–Crippen MR) is 93.0 cm³/mol. The van der Waals surface area contributed by atoms with Gasteiger partial charge >= 0.3 is 5.97 Å². The fraction of sp³-hybridized carbons (Fsp3) is 0.158. The SMILES string of the molecule is COC(=O)c1cn([C@H](C)C(=O)Nc2ccc(F)cc2)c2ccccc12. The van der Waals surface area contributed by atoms with Crippen LogP contribution in [0.4, 0.5) is 10.1 Å². The number of carbonyl (C=O) groups is 2. The lowest BCUT2D eigenvalue weighted by Crippen LogP contribution is -2.23. The van der Waals surface area contributed by atoms with Crippen LogP contribution >= 0.6 is 0 Å². The van der Waals surface area contributed by atoms with E-state index in [0.717, 1.165) is 10.9 Å². The molecule has 1 heterocycles. The quantitative estimate of drug-likeness (QED) is 0.736. The van der Waals surface area contributed by atoms with Gasteiger partial charge in [-0.05, 0) is 37.3 Å². The Morgan fingerprint density at radius 2 is 1.80 bits per heavy atom. The third-order valence-corrected chi connectivity index (χ3v) is 4.05. The van der Waals surface area contributed by atoms with Crippen molar-refractivity contribution < 1.29 is 18.7 Å². The standard InChI is InChI=1S/C19H17FN2O3/c1-12(18(23)21-14-9-7-13(20)8-10-14)22-11-16(19(24)25-2)15-5-3-4-6-17(15)22/h3-12H,1-2H3,(H,21,23)/t12-/m1/s1. The number of carbonyl (C=O) groups excluding carboxylic acids is 2. The summed E-state index contributed by atoms with van der Waals surface area (Å²) < 4.78 is 19.5. The molecular formula is C19H17FN2O3. The van der Waals surface area contributed by atoms with Crippen molar-refractivity contribution >= 4 is 28.5 Å². The summed E-state index contributed by atoms with van der Waals surface area (Å²) in [6.07, 6.45) is 1.62. The van der Waals surface area contributed by atoms with Crippen molar-refractivity contribution in [3.8, 4) is 0 Å². The maximum Gasteiger partial charge on any atom is 0.340 e. The molecule has 0 saturated carbocycles. The van der Waals surface area contributed by atoms with Crippen molar-refractivity contribution in [2.24, 2.45) is 0 Å². The number of rotatable bonds is 4. The van der Waals surface area contributed by atoms with Crippen molar-refractivity contribution in [1.29, 1.82) is 0 Å². The normalized spacial score (nSPS) is 12.0. The van der Waals surface area contributed by atoms with Gasteiger partial charge in [-0.25, -0.2) is 9.18 Å². The first kappa shape index (κ1) is 16.7. The molecule has 0 spiro atoms. The summed E-state index contributed by atoms with van der Waals surface area (Å²) in [4.78, 5) is 24.5. The Morgan fingerprint density at radius 3 is 2.48 bits per heavy atom. The number of benzene rings is 2. The number of hydrogen-bond acceptors (Lipinski definition) is 3. The molecule has 1 N–H and O–H groups in total. The van der Waals surface area contributed by atoms with Crippen LogP contribution in [0.15, 0.2) is 54.7 Å².